The van der Waals surface area contributed by atoms with Gasteiger partial charge in [-0.15, -0.1) is 0 Å². The predicted octanol–water partition coefficient (Wildman–Crippen LogP) is 1.19. The Labute approximate surface area is 43.7 Å². The van der Waals surface area contributed by atoms with Gasteiger partial charge < -0.3 is 4.74 Å². The van der Waals surface area contributed by atoms with Gasteiger partial charge in [0.25, 0.3) is 0 Å². The molecule has 1 saturated carbocycles. The summed E-state index contributed by atoms with van der Waals surface area (Å²) in [6.07, 6.45) is 4.81. The molecule has 0 aromatic carbocycles. The molecule has 1 saturated heterocycles. The summed E-state index contributed by atoms with van der Waals surface area (Å²) in [6.45, 7) is 1.04. The molecule has 2 rings (SSSR count). The Morgan fingerprint density at radius 2 is 2.14 bits per heavy atom. The van der Waals surface area contributed by atoms with Crippen molar-refractivity contribution in [2.75, 3.05) is 6.61 Å². The van der Waals surface area contributed by atoms with Crippen molar-refractivity contribution in [1.82, 2.24) is 0 Å². The van der Waals surface area contributed by atoms with E-state index >= 15 is 0 Å². The molecule has 2 fully saturated rings. The SMILES string of the molecule is C1CC2CC[C@H]2O1. The largest absolute Gasteiger partial charge is 0.378 e. The second-order valence-corrected chi connectivity index (χ2v) is 2.54. The lowest BCUT2D eigenvalue weighted by atomic mass is 9.82. The quantitative estimate of drug-likeness (QED) is 0.442. The van der Waals surface area contributed by atoms with Gasteiger partial charge in [-0.3, -0.25) is 0 Å². The lowest BCUT2D eigenvalue weighted by molar-refractivity contribution is 0.0340. The van der Waals surface area contributed by atoms with Crippen molar-refractivity contribution in [2.24, 2.45) is 5.92 Å². The van der Waals surface area contributed by atoms with Gasteiger partial charge in [0.05, 0.1) is 6.10 Å². The van der Waals surface area contributed by atoms with Crippen LogP contribution in [0.4, 0.5) is 0 Å². The van der Waals surface area contributed by atoms with E-state index in [9.17, 15) is 0 Å². The summed E-state index contributed by atoms with van der Waals surface area (Å²) in [4.78, 5) is 0. The molecule has 2 atom stereocenters. The van der Waals surface area contributed by atoms with Crippen LogP contribution in [0.15, 0.2) is 0 Å². The number of hydrogen-bond donors (Lipinski definition) is 0. The van der Waals surface area contributed by atoms with Crippen molar-refractivity contribution in [1.29, 1.82) is 0 Å². The normalized spacial score (nSPS) is 48.0. The molecule has 0 aromatic heterocycles. The van der Waals surface area contributed by atoms with Crippen molar-refractivity contribution in [2.45, 2.75) is 25.4 Å². The molecule has 0 bridgehead atoms. The number of hydrogen-bond acceptors (Lipinski definition) is 1. The van der Waals surface area contributed by atoms with Crippen LogP contribution in [-0.2, 0) is 4.74 Å². The third kappa shape index (κ3) is 0.418. The molecule has 0 aromatic rings. The molecule has 0 radical (unpaired) electrons. The highest BCUT2D eigenvalue weighted by Crippen LogP contribution is 2.37. The second kappa shape index (κ2) is 1.22. The van der Waals surface area contributed by atoms with Crippen LogP contribution in [0.5, 0.6) is 0 Å². The Balaban J connectivity index is 2.03. The Morgan fingerprint density at radius 1 is 1.14 bits per heavy atom. The summed E-state index contributed by atoms with van der Waals surface area (Å²) >= 11 is 0. The van der Waals surface area contributed by atoms with Crippen LogP contribution in [0, 0.1) is 5.92 Å². The van der Waals surface area contributed by atoms with Gasteiger partial charge in [-0.1, -0.05) is 0 Å². The monoisotopic (exact) mass is 98.1 g/mol. The highest BCUT2D eigenvalue weighted by molar-refractivity contribution is 4.85. The fraction of sp³-hybridized carbons (Fsp3) is 1.00. The number of rotatable bonds is 0. The van der Waals surface area contributed by atoms with E-state index < -0.39 is 0 Å². The third-order valence-corrected chi connectivity index (χ3v) is 2.17. The van der Waals surface area contributed by atoms with E-state index in [0.29, 0.717) is 6.10 Å². The van der Waals surface area contributed by atoms with Gasteiger partial charge in [-0.25, -0.2) is 0 Å². The first kappa shape index (κ1) is 3.90. The zero-order valence-corrected chi connectivity index (χ0v) is 4.39. The maximum Gasteiger partial charge on any atom is 0.0604 e. The van der Waals surface area contributed by atoms with E-state index in [1.807, 2.05) is 0 Å². The second-order valence-electron chi connectivity index (χ2n) is 2.54. The zero-order chi connectivity index (χ0) is 4.69. The van der Waals surface area contributed by atoms with Crippen LogP contribution in [0.3, 0.4) is 0 Å². The Morgan fingerprint density at radius 3 is 2.43 bits per heavy atom. The first-order valence-electron chi connectivity index (χ1n) is 3.08. The fourth-order valence-corrected chi connectivity index (χ4v) is 1.46. The smallest absolute Gasteiger partial charge is 0.0604 e. The Hall–Kier alpha value is -0.0400. The van der Waals surface area contributed by atoms with Crippen molar-refractivity contribution in [3.63, 3.8) is 0 Å². The predicted molar refractivity (Wildman–Crippen MR) is 27.1 cm³/mol. The number of ether oxygens (including phenoxy) is 1. The van der Waals surface area contributed by atoms with E-state index in [2.05, 4.69) is 0 Å². The van der Waals surface area contributed by atoms with Gasteiger partial charge in [-0.2, -0.15) is 0 Å². The van der Waals surface area contributed by atoms with Crippen molar-refractivity contribution in [3.8, 4) is 0 Å². The van der Waals surface area contributed by atoms with Crippen LogP contribution in [0.2, 0.25) is 0 Å². The molecular formula is C6H10O. The van der Waals surface area contributed by atoms with Gasteiger partial charge >= 0.3 is 0 Å². The molecule has 40 valence electrons. The fourth-order valence-electron chi connectivity index (χ4n) is 1.46. The minimum Gasteiger partial charge on any atom is -0.378 e. The van der Waals surface area contributed by atoms with E-state index in [1.54, 1.807) is 0 Å². The summed E-state index contributed by atoms with van der Waals surface area (Å²) in [5.74, 6) is 0.972. The minimum atomic E-state index is 0.694. The first-order valence-corrected chi connectivity index (χ1v) is 3.08. The maximum absolute atomic E-state index is 5.35. The first-order chi connectivity index (χ1) is 3.47. The highest BCUT2D eigenvalue weighted by Gasteiger charge is 2.35. The molecule has 0 amide bonds. The molecule has 1 heteroatoms. The lowest BCUT2D eigenvalue weighted by Gasteiger charge is -2.27. The summed E-state index contributed by atoms with van der Waals surface area (Å²) in [5, 5.41) is 0. The van der Waals surface area contributed by atoms with Crippen molar-refractivity contribution < 1.29 is 4.74 Å². The number of fused-ring (bicyclic) bond motifs is 1. The molecule has 1 unspecified atom stereocenters. The van der Waals surface area contributed by atoms with Crippen LogP contribution in [0.1, 0.15) is 19.3 Å². The van der Waals surface area contributed by atoms with E-state index in [4.69, 9.17) is 4.74 Å². The van der Waals surface area contributed by atoms with Crippen LogP contribution in [-0.4, -0.2) is 12.7 Å². The van der Waals surface area contributed by atoms with Crippen molar-refractivity contribution >= 4 is 0 Å². The average Bonchev–Trinajstić information content (AvgIpc) is 1.85. The molecule has 1 heterocycles. The van der Waals surface area contributed by atoms with Gasteiger partial charge in [0.1, 0.15) is 0 Å². The van der Waals surface area contributed by atoms with Gasteiger partial charge in [0, 0.05) is 6.61 Å². The molecular weight excluding hydrogens is 88.1 g/mol. The topological polar surface area (TPSA) is 9.23 Å². The molecule has 0 N–H and O–H groups in total. The van der Waals surface area contributed by atoms with Crippen LogP contribution < -0.4 is 0 Å². The van der Waals surface area contributed by atoms with Crippen LogP contribution in [0.25, 0.3) is 0 Å². The summed E-state index contributed by atoms with van der Waals surface area (Å²) < 4.78 is 5.35. The van der Waals surface area contributed by atoms with E-state index in [1.165, 1.54) is 19.3 Å². The molecule has 7 heavy (non-hydrogen) atoms. The minimum absolute atomic E-state index is 0.694. The molecule has 1 nitrogen and oxygen atoms in total. The van der Waals surface area contributed by atoms with Gasteiger partial charge in [0.15, 0.2) is 0 Å². The maximum atomic E-state index is 5.35. The molecule has 0 spiro atoms. The zero-order valence-electron chi connectivity index (χ0n) is 4.39. The summed E-state index contributed by atoms with van der Waals surface area (Å²) in [7, 11) is 0. The lowest BCUT2D eigenvalue weighted by Crippen LogP contribution is -2.26. The third-order valence-electron chi connectivity index (χ3n) is 2.17. The molecule has 1 aliphatic carbocycles. The van der Waals surface area contributed by atoms with Gasteiger partial charge in [-0.05, 0) is 25.2 Å². The molecule has 2 aliphatic rings. The Bertz CT molecular complexity index is 70.2. The average molecular weight is 98.1 g/mol. The Kier molecular flexibility index (Phi) is 0.680. The summed E-state index contributed by atoms with van der Waals surface area (Å²) in [5.41, 5.74) is 0. The van der Waals surface area contributed by atoms with Gasteiger partial charge in [0.2, 0.25) is 0 Å². The highest BCUT2D eigenvalue weighted by atomic mass is 16.5. The van der Waals surface area contributed by atoms with Crippen LogP contribution >= 0.6 is 0 Å². The summed E-state index contributed by atoms with van der Waals surface area (Å²) in [6, 6.07) is 0. The van der Waals surface area contributed by atoms with Crippen molar-refractivity contribution in [3.05, 3.63) is 0 Å². The molecule has 1 aliphatic heterocycles. The standard InChI is InChI=1S/C6H10O/c1-2-6-5(1)3-4-7-6/h5-6H,1-4H2/t5?,6-/m1/s1. The van der Waals surface area contributed by atoms with E-state index in [0.717, 1.165) is 12.5 Å². The van der Waals surface area contributed by atoms with E-state index in [-0.39, 0.29) is 0 Å².